The third kappa shape index (κ3) is 10.3. The molecule has 1 heterocycles. The fourth-order valence-corrected chi connectivity index (χ4v) is 3.23. The van der Waals surface area contributed by atoms with Crippen LogP contribution in [0.25, 0.3) is 0 Å². The topological polar surface area (TPSA) is 62.1 Å². The Kier molecular flexibility index (Phi) is 13.6. The molecule has 1 rings (SSSR count). The van der Waals surface area contributed by atoms with E-state index in [9.17, 15) is 10.2 Å². The highest BCUT2D eigenvalue weighted by molar-refractivity contribution is 5.78. The van der Waals surface area contributed by atoms with Crippen LogP contribution in [-0.2, 0) is 4.74 Å². The summed E-state index contributed by atoms with van der Waals surface area (Å²) in [6, 6.07) is 0. The van der Waals surface area contributed by atoms with Crippen molar-refractivity contribution in [3.8, 4) is 0 Å². The first kappa shape index (κ1) is 23.2. The quantitative estimate of drug-likeness (QED) is 0.275. The van der Waals surface area contributed by atoms with Gasteiger partial charge in [-0.2, -0.15) is 0 Å². The van der Waals surface area contributed by atoms with Gasteiger partial charge in [0.05, 0.1) is 13.2 Å². The first-order valence-electron chi connectivity index (χ1n) is 10.8. The Morgan fingerprint density at radius 2 is 1.38 bits per heavy atom. The monoisotopic (exact) mass is 367 g/mol. The first-order valence-corrected chi connectivity index (χ1v) is 10.8. The summed E-state index contributed by atoms with van der Waals surface area (Å²) in [5.74, 6) is 0.697. The standard InChI is InChI=1S/C22H41NO3/c1-2-3-4-5-6-7-8-9-10-11-12-13-14-15-16-17-21-23-22(18-24,19-25)20-26-21/h10-11,24-25H,2-9,12-20H2,1H3/b11-10+. The number of rotatable bonds is 17. The van der Waals surface area contributed by atoms with E-state index >= 15 is 0 Å². The van der Waals surface area contributed by atoms with Gasteiger partial charge in [-0.15, -0.1) is 0 Å². The lowest BCUT2D eigenvalue weighted by Gasteiger charge is -2.16. The Hall–Kier alpha value is -0.870. The summed E-state index contributed by atoms with van der Waals surface area (Å²) in [6.07, 6.45) is 22.4. The number of ether oxygens (including phenoxy) is 1. The van der Waals surface area contributed by atoms with Crippen LogP contribution in [0.15, 0.2) is 17.1 Å². The lowest BCUT2D eigenvalue weighted by molar-refractivity contribution is 0.0972. The van der Waals surface area contributed by atoms with E-state index in [2.05, 4.69) is 24.1 Å². The molecule has 4 heteroatoms. The maximum Gasteiger partial charge on any atom is 0.184 e. The van der Waals surface area contributed by atoms with Crippen molar-refractivity contribution in [1.82, 2.24) is 0 Å². The molecule has 1 aliphatic rings. The average Bonchev–Trinajstić information content (AvgIpc) is 3.09. The summed E-state index contributed by atoms with van der Waals surface area (Å²) < 4.78 is 5.49. The number of aliphatic imine (C=N–C) groups is 1. The minimum atomic E-state index is -0.796. The van der Waals surface area contributed by atoms with Gasteiger partial charge in [0.25, 0.3) is 0 Å². The van der Waals surface area contributed by atoms with E-state index in [-0.39, 0.29) is 13.2 Å². The van der Waals surface area contributed by atoms with Crippen molar-refractivity contribution in [2.75, 3.05) is 19.8 Å². The van der Waals surface area contributed by atoms with Crippen molar-refractivity contribution in [2.24, 2.45) is 4.99 Å². The number of unbranched alkanes of at least 4 members (excludes halogenated alkanes) is 11. The van der Waals surface area contributed by atoms with Crippen LogP contribution in [0.5, 0.6) is 0 Å². The molecule has 0 aromatic carbocycles. The van der Waals surface area contributed by atoms with Crippen molar-refractivity contribution in [2.45, 2.75) is 102 Å². The van der Waals surface area contributed by atoms with E-state index in [0.717, 1.165) is 12.8 Å². The van der Waals surface area contributed by atoms with Crippen molar-refractivity contribution >= 4 is 5.90 Å². The van der Waals surface area contributed by atoms with Crippen LogP contribution in [0.3, 0.4) is 0 Å². The van der Waals surface area contributed by atoms with E-state index in [4.69, 9.17) is 4.74 Å². The van der Waals surface area contributed by atoms with Crippen molar-refractivity contribution in [3.63, 3.8) is 0 Å². The fraction of sp³-hybridized carbons (Fsp3) is 0.864. The van der Waals surface area contributed by atoms with Crippen molar-refractivity contribution < 1.29 is 14.9 Å². The van der Waals surface area contributed by atoms with Gasteiger partial charge in [0, 0.05) is 6.42 Å². The van der Waals surface area contributed by atoms with E-state index in [1.807, 2.05) is 0 Å². The third-order valence-electron chi connectivity index (χ3n) is 5.11. The molecule has 0 bridgehead atoms. The normalized spacial score (nSPS) is 16.2. The minimum Gasteiger partial charge on any atom is -0.478 e. The molecule has 0 radical (unpaired) electrons. The summed E-state index contributed by atoms with van der Waals surface area (Å²) in [4.78, 5) is 4.34. The summed E-state index contributed by atoms with van der Waals surface area (Å²) in [5.41, 5.74) is -0.796. The molecule has 2 N–H and O–H groups in total. The average molecular weight is 368 g/mol. The Morgan fingerprint density at radius 1 is 0.846 bits per heavy atom. The van der Waals surface area contributed by atoms with Crippen molar-refractivity contribution in [3.05, 3.63) is 12.2 Å². The van der Waals surface area contributed by atoms with E-state index in [1.54, 1.807) is 0 Å². The molecular weight excluding hydrogens is 326 g/mol. The summed E-state index contributed by atoms with van der Waals surface area (Å²) in [6.45, 7) is 2.26. The molecular formula is C22H41NO3. The lowest BCUT2D eigenvalue weighted by Crippen LogP contribution is -2.37. The van der Waals surface area contributed by atoms with Gasteiger partial charge in [-0.25, -0.2) is 4.99 Å². The molecule has 0 fully saturated rings. The zero-order valence-corrected chi connectivity index (χ0v) is 16.9. The highest BCUT2D eigenvalue weighted by atomic mass is 16.5. The molecule has 0 unspecified atom stereocenters. The largest absolute Gasteiger partial charge is 0.478 e. The highest BCUT2D eigenvalue weighted by Crippen LogP contribution is 2.20. The summed E-state index contributed by atoms with van der Waals surface area (Å²) in [7, 11) is 0. The predicted molar refractivity (Wildman–Crippen MR) is 110 cm³/mol. The molecule has 0 saturated heterocycles. The molecule has 0 saturated carbocycles. The van der Waals surface area contributed by atoms with Crippen LogP contribution in [0.2, 0.25) is 0 Å². The second kappa shape index (κ2) is 15.2. The number of aliphatic hydroxyl groups is 2. The van der Waals surface area contributed by atoms with Crippen LogP contribution in [0.4, 0.5) is 0 Å². The van der Waals surface area contributed by atoms with Crippen LogP contribution in [-0.4, -0.2) is 41.5 Å². The minimum absolute atomic E-state index is 0.155. The molecule has 26 heavy (non-hydrogen) atoms. The van der Waals surface area contributed by atoms with Gasteiger partial charge >= 0.3 is 0 Å². The third-order valence-corrected chi connectivity index (χ3v) is 5.11. The van der Waals surface area contributed by atoms with Gasteiger partial charge in [0.2, 0.25) is 0 Å². The van der Waals surface area contributed by atoms with Gasteiger partial charge < -0.3 is 14.9 Å². The molecule has 0 aromatic rings. The molecule has 0 aromatic heterocycles. The SMILES string of the molecule is CCCCCCCCC/C=C/CCCCCCC1=NC(CO)(CO)CO1. The first-order chi connectivity index (χ1) is 12.8. The Morgan fingerprint density at radius 3 is 1.92 bits per heavy atom. The molecule has 0 aliphatic carbocycles. The molecule has 0 amide bonds. The van der Waals surface area contributed by atoms with Gasteiger partial charge in [-0.3, -0.25) is 0 Å². The second-order valence-corrected chi connectivity index (χ2v) is 7.67. The van der Waals surface area contributed by atoms with Gasteiger partial charge in [-0.1, -0.05) is 70.4 Å². The number of hydrogen-bond donors (Lipinski definition) is 2. The predicted octanol–water partition coefficient (Wildman–Crippen LogP) is 5.18. The van der Waals surface area contributed by atoms with E-state index < -0.39 is 5.54 Å². The number of allylic oxidation sites excluding steroid dienone is 2. The summed E-state index contributed by atoms with van der Waals surface area (Å²) in [5, 5.41) is 18.6. The number of aliphatic hydroxyl groups excluding tert-OH is 2. The van der Waals surface area contributed by atoms with Gasteiger partial charge in [0.1, 0.15) is 12.1 Å². The van der Waals surface area contributed by atoms with Crippen LogP contribution >= 0.6 is 0 Å². The smallest absolute Gasteiger partial charge is 0.184 e. The molecule has 0 spiro atoms. The summed E-state index contributed by atoms with van der Waals surface area (Å²) >= 11 is 0. The second-order valence-electron chi connectivity index (χ2n) is 7.67. The maximum atomic E-state index is 9.28. The molecule has 152 valence electrons. The zero-order chi connectivity index (χ0) is 18.9. The fourth-order valence-electron chi connectivity index (χ4n) is 3.23. The molecule has 0 atom stereocenters. The Balaban J connectivity index is 1.88. The van der Waals surface area contributed by atoms with E-state index in [1.165, 1.54) is 77.0 Å². The van der Waals surface area contributed by atoms with Crippen LogP contribution < -0.4 is 0 Å². The molecule has 4 nitrogen and oxygen atoms in total. The number of hydrogen-bond acceptors (Lipinski definition) is 4. The van der Waals surface area contributed by atoms with Gasteiger partial charge in [0.15, 0.2) is 5.90 Å². The Labute approximate surface area is 160 Å². The number of nitrogens with zero attached hydrogens (tertiary/aromatic N) is 1. The van der Waals surface area contributed by atoms with Crippen molar-refractivity contribution in [1.29, 1.82) is 0 Å². The lowest BCUT2D eigenvalue weighted by atomic mass is 10.1. The maximum absolute atomic E-state index is 9.28. The van der Waals surface area contributed by atoms with E-state index in [0.29, 0.717) is 12.5 Å². The van der Waals surface area contributed by atoms with Gasteiger partial charge in [-0.05, 0) is 32.1 Å². The molecule has 1 aliphatic heterocycles. The van der Waals surface area contributed by atoms with Crippen LogP contribution in [0, 0.1) is 0 Å². The Bertz CT molecular complexity index is 389. The highest BCUT2D eigenvalue weighted by Gasteiger charge is 2.35. The van der Waals surface area contributed by atoms with Crippen LogP contribution in [0.1, 0.15) is 96.8 Å². The zero-order valence-electron chi connectivity index (χ0n) is 16.9.